The number of rotatable bonds is 16. The summed E-state index contributed by atoms with van der Waals surface area (Å²) >= 11 is 0. The Kier molecular flexibility index (Phi) is 12.3. The first-order valence-corrected chi connectivity index (χ1v) is 22.3. The van der Waals surface area contributed by atoms with Gasteiger partial charge in [0.05, 0.1) is 32.0 Å². The normalized spacial score (nSPS) is 28.7. The van der Waals surface area contributed by atoms with Crippen molar-refractivity contribution < 1.29 is 70.3 Å². The van der Waals surface area contributed by atoms with Crippen molar-refractivity contribution in [2.75, 3.05) is 37.0 Å². The molecular weight excluding hydrogens is 895 g/mol. The summed E-state index contributed by atoms with van der Waals surface area (Å²) in [6, 6.07) is 1.30. The minimum Gasteiger partial charge on any atom is -0.390 e. The van der Waals surface area contributed by atoms with Gasteiger partial charge in [-0.2, -0.15) is 9.97 Å². The number of nitrogens with one attached hydrogen (secondary N) is 1. The molecule has 0 bridgehead atoms. The Bertz CT molecular complexity index is 2700. The maximum atomic E-state index is 13.5. The van der Waals surface area contributed by atoms with Gasteiger partial charge in [0.25, 0.3) is 5.56 Å². The molecule has 0 aliphatic carbocycles. The minimum atomic E-state index is -5.16. The molecule has 30 nitrogen and oxygen atoms in total. The van der Waals surface area contributed by atoms with Crippen LogP contribution in [0.5, 0.6) is 0 Å². The Balaban J connectivity index is 0.964. The van der Waals surface area contributed by atoms with Crippen LogP contribution in [0.2, 0.25) is 0 Å². The van der Waals surface area contributed by atoms with E-state index in [9.17, 15) is 43.1 Å². The summed E-state index contributed by atoms with van der Waals surface area (Å²) < 4.78 is 85.9. The first kappa shape index (κ1) is 43.9. The number of nitrogens with zero attached hydrogens (tertiary/aromatic N) is 9. The van der Waals surface area contributed by atoms with E-state index in [0.29, 0.717) is 11.2 Å². The Morgan fingerprint density at radius 3 is 2.03 bits per heavy atom. The lowest BCUT2D eigenvalue weighted by Gasteiger charge is -2.24. The standard InChI is InChI=1S/C29H36N13O17P3/c30-18-1-2-40(29(45)37-18)20-4-13(16(56-20)6-52-60(46)47)58-62(50,51)54-8-17-14(5-21(57-17)42-11-36-23-26(42)38-28(32)39-27(23)44)59-61(48,49)53-7-15-12(43)3-19(55-15)41-10-35-22-24(31)33-9-34-25(22)41/h1-2,9-17,19-21,43H,3-8H2,(H9-,30,31,32,33,34,37,38,39,44,45,46,47,48,49,50,51)/p+1/t12-,13-,14-,15+,16+,17+,19+,20+,21+/m0/s1. The van der Waals surface area contributed by atoms with Gasteiger partial charge in [-0.1, -0.05) is 0 Å². The first-order valence-electron chi connectivity index (χ1n) is 18.2. The minimum absolute atomic E-state index is 0.0149. The lowest BCUT2D eigenvalue weighted by Crippen LogP contribution is -2.31. The molecule has 62 heavy (non-hydrogen) atoms. The van der Waals surface area contributed by atoms with Crippen LogP contribution in [0, 0.1) is 0 Å². The zero-order chi connectivity index (χ0) is 44.1. The van der Waals surface area contributed by atoms with E-state index >= 15 is 0 Å². The summed E-state index contributed by atoms with van der Waals surface area (Å²) in [7, 11) is -13.4. The maximum absolute atomic E-state index is 13.5. The molecule has 0 amide bonds. The number of hydrogen-bond donors (Lipinski definition) is 8. The van der Waals surface area contributed by atoms with Crippen molar-refractivity contribution in [1.29, 1.82) is 0 Å². The van der Waals surface area contributed by atoms with Crippen molar-refractivity contribution in [1.82, 2.24) is 48.6 Å². The highest BCUT2D eigenvalue weighted by atomic mass is 31.2. The molecule has 3 saturated heterocycles. The smallest absolute Gasteiger partial charge is 0.390 e. The topological polar surface area (TPSA) is 426 Å². The number of anilines is 3. The van der Waals surface area contributed by atoms with Crippen molar-refractivity contribution in [3.63, 3.8) is 0 Å². The van der Waals surface area contributed by atoms with Crippen LogP contribution in [-0.2, 0) is 50.5 Å². The van der Waals surface area contributed by atoms with Crippen molar-refractivity contribution in [3.8, 4) is 0 Å². The summed E-state index contributed by atoms with van der Waals surface area (Å²) in [6.45, 7) is -2.12. The van der Waals surface area contributed by atoms with E-state index in [1.807, 2.05) is 0 Å². The molecule has 11 N–H and O–H groups in total. The number of phosphoric ester groups is 2. The van der Waals surface area contributed by atoms with Gasteiger partial charge in [-0.3, -0.25) is 41.6 Å². The van der Waals surface area contributed by atoms with Gasteiger partial charge in [0.2, 0.25) is 5.95 Å². The molecule has 5 aromatic rings. The van der Waals surface area contributed by atoms with Crippen LogP contribution in [0.4, 0.5) is 17.6 Å². The quantitative estimate of drug-likeness (QED) is 0.0542. The predicted molar refractivity (Wildman–Crippen MR) is 204 cm³/mol. The number of aromatic nitrogens is 10. The number of nitrogens with two attached hydrogens (primary N) is 3. The largest absolute Gasteiger partial charge is 0.694 e. The fourth-order valence-corrected chi connectivity index (χ4v) is 9.25. The van der Waals surface area contributed by atoms with Crippen LogP contribution in [0.1, 0.15) is 37.9 Å². The average Bonchev–Trinajstić information content (AvgIpc) is 4.03. The van der Waals surface area contributed by atoms with Crippen molar-refractivity contribution in [2.45, 2.75) is 74.6 Å². The van der Waals surface area contributed by atoms with E-state index in [1.54, 1.807) is 0 Å². The predicted octanol–water partition coefficient (Wildman–Crippen LogP) is -1.14. The summed E-state index contributed by atoms with van der Waals surface area (Å²) in [5.41, 5.74) is 16.1. The molecule has 334 valence electrons. The number of imidazole rings is 2. The molecule has 12 atom stereocenters. The summed E-state index contributed by atoms with van der Waals surface area (Å²) in [4.78, 5) is 82.3. The number of ether oxygens (including phenoxy) is 3. The van der Waals surface area contributed by atoms with E-state index in [4.69, 9.17) is 54.0 Å². The van der Waals surface area contributed by atoms with Crippen molar-refractivity contribution in [2.24, 2.45) is 0 Å². The molecule has 0 radical (unpaired) electrons. The van der Waals surface area contributed by atoms with E-state index < -0.39 is 110 Å². The highest BCUT2D eigenvalue weighted by molar-refractivity contribution is 7.47. The zero-order valence-corrected chi connectivity index (χ0v) is 34.2. The van der Waals surface area contributed by atoms with Crippen LogP contribution in [-0.4, -0.2) is 125 Å². The number of hydrogen-bond acceptors (Lipinski definition) is 23. The van der Waals surface area contributed by atoms with Crippen LogP contribution >= 0.6 is 23.9 Å². The van der Waals surface area contributed by atoms with Crippen molar-refractivity contribution in [3.05, 3.63) is 52.1 Å². The van der Waals surface area contributed by atoms with Gasteiger partial charge in [0, 0.05) is 30.0 Å². The van der Waals surface area contributed by atoms with Crippen LogP contribution in [0.3, 0.4) is 0 Å². The molecule has 3 aliphatic rings. The van der Waals surface area contributed by atoms with E-state index in [2.05, 4.69) is 34.9 Å². The molecule has 3 fully saturated rings. The Labute approximate surface area is 346 Å². The Morgan fingerprint density at radius 1 is 0.790 bits per heavy atom. The van der Waals surface area contributed by atoms with Gasteiger partial charge < -0.3 is 46.3 Å². The van der Waals surface area contributed by atoms with Crippen LogP contribution < -0.4 is 28.5 Å². The number of aromatic amines is 1. The molecule has 33 heteroatoms. The average molecular weight is 933 g/mol. The number of H-pyrrole nitrogens is 1. The van der Waals surface area contributed by atoms with Crippen LogP contribution in [0.25, 0.3) is 22.3 Å². The number of aliphatic hydroxyl groups excluding tert-OH is 1. The van der Waals surface area contributed by atoms with Gasteiger partial charge in [-0.25, -0.2) is 33.9 Å². The summed E-state index contributed by atoms with van der Waals surface area (Å²) in [5.74, 6) is -0.221. The fraction of sp³-hybridized carbons (Fsp3) is 0.517. The maximum Gasteiger partial charge on any atom is 0.694 e. The second kappa shape index (κ2) is 17.4. The summed E-state index contributed by atoms with van der Waals surface area (Å²) in [6.07, 6.45) is -6.52. The Morgan fingerprint density at radius 2 is 1.37 bits per heavy atom. The number of fused-ring (bicyclic) bond motifs is 2. The monoisotopic (exact) mass is 932 g/mol. The zero-order valence-electron chi connectivity index (χ0n) is 31.5. The molecule has 8 rings (SSSR count). The molecule has 0 aromatic carbocycles. The van der Waals surface area contributed by atoms with Gasteiger partial charge in [-0.15, -0.1) is 9.42 Å². The molecule has 0 saturated carbocycles. The second-order valence-corrected chi connectivity index (χ2v) is 17.5. The Hall–Kier alpha value is -4.74. The van der Waals surface area contributed by atoms with E-state index in [1.165, 1.54) is 40.4 Å². The van der Waals surface area contributed by atoms with Crippen molar-refractivity contribution >= 4 is 63.8 Å². The second-order valence-electron chi connectivity index (χ2n) is 13.9. The first-order chi connectivity index (χ1) is 29.4. The lowest BCUT2D eigenvalue weighted by molar-refractivity contribution is -0.0594. The van der Waals surface area contributed by atoms with Gasteiger partial charge in [0.1, 0.15) is 73.5 Å². The van der Waals surface area contributed by atoms with Gasteiger partial charge in [0.15, 0.2) is 22.6 Å². The molecule has 3 aliphatic heterocycles. The highest BCUT2D eigenvalue weighted by Gasteiger charge is 2.47. The van der Waals surface area contributed by atoms with Gasteiger partial charge >= 0.3 is 29.6 Å². The SMILES string of the molecule is Nc1ccn([C@H]2C[C@H](OP(=O)(O)OC[C@H]3O[C@@H](n4cnc5c(=O)[nH]c(N)nc54)C[C@@H]3OP(=O)(O)OC[C@H]3O[C@@H](n4cnc5c(N)ncnc54)C[C@@H]3O)[C@@H](CO[P+](=O)O)O2)c(=O)n1. The van der Waals surface area contributed by atoms with Gasteiger partial charge in [-0.05, 0) is 6.07 Å². The fourth-order valence-electron chi connectivity index (χ4n) is 7.06. The molecule has 8 heterocycles. The molecule has 3 unspecified atom stereocenters. The van der Waals surface area contributed by atoms with Crippen LogP contribution in [0.15, 0.2) is 40.8 Å². The third-order valence-corrected chi connectivity index (χ3v) is 12.3. The highest BCUT2D eigenvalue weighted by Crippen LogP contribution is 2.52. The molecule has 5 aromatic heterocycles. The van der Waals surface area contributed by atoms with E-state index in [0.717, 1.165) is 4.57 Å². The number of phosphoric acid groups is 2. The number of aliphatic hydroxyl groups is 1. The third kappa shape index (κ3) is 9.44. The molecular formula is C29H37N13O17P3+. The third-order valence-electron chi connectivity index (χ3n) is 9.88. The molecule has 0 spiro atoms. The lowest BCUT2D eigenvalue weighted by atomic mass is 10.2. The summed E-state index contributed by atoms with van der Waals surface area (Å²) in [5, 5.41) is 10.8. The van der Waals surface area contributed by atoms with E-state index in [-0.39, 0.29) is 48.0 Å². The number of nitrogen functional groups attached to an aromatic ring is 3.